The van der Waals surface area contributed by atoms with E-state index in [1.165, 1.54) is 0 Å². The second kappa shape index (κ2) is 7.17. The Balaban J connectivity index is 2.15. The Hall–Kier alpha value is -1.22. The third kappa shape index (κ3) is 4.37. The second-order valence-corrected chi connectivity index (χ2v) is 5.91. The van der Waals surface area contributed by atoms with Crippen molar-refractivity contribution in [3.63, 3.8) is 0 Å². The zero-order valence-electron chi connectivity index (χ0n) is 11.4. The Labute approximate surface area is 139 Å². The average Bonchev–Trinajstić information content (AvgIpc) is 2.45. The quantitative estimate of drug-likeness (QED) is 0.716. The van der Waals surface area contributed by atoms with Crippen LogP contribution in [0.25, 0.3) is 0 Å². The normalized spacial score (nSPS) is 10.5. The largest absolute Gasteiger partial charge is 0.337 e. The summed E-state index contributed by atoms with van der Waals surface area (Å²) in [5.74, 6) is 0.312. The number of nitrogens with zero attached hydrogens (tertiary/aromatic N) is 1. The molecule has 21 heavy (non-hydrogen) atoms. The van der Waals surface area contributed by atoms with Crippen molar-refractivity contribution in [2.45, 2.75) is 12.4 Å². The van der Waals surface area contributed by atoms with Crippen LogP contribution in [0.1, 0.15) is 21.5 Å². The fourth-order valence-electron chi connectivity index (χ4n) is 2.06. The van der Waals surface area contributed by atoms with Crippen molar-refractivity contribution in [2.24, 2.45) is 0 Å². The Kier molecular flexibility index (Phi) is 5.51. The van der Waals surface area contributed by atoms with Crippen molar-refractivity contribution >= 4 is 40.7 Å². The molecule has 0 spiro atoms. The SMILES string of the molecule is CN(Cc1cc(Cl)cc(Cl)c1)C(=O)c1cccc(CCl)c1. The summed E-state index contributed by atoms with van der Waals surface area (Å²) in [6, 6.07) is 12.6. The van der Waals surface area contributed by atoms with Crippen molar-refractivity contribution in [3.05, 3.63) is 69.2 Å². The van der Waals surface area contributed by atoms with E-state index < -0.39 is 0 Å². The zero-order chi connectivity index (χ0) is 15.4. The average molecular weight is 343 g/mol. The summed E-state index contributed by atoms with van der Waals surface area (Å²) in [7, 11) is 1.74. The van der Waals surface area contributed by atoms with E-state index in [0.717, 1.165) is 11.1 Å². The molecular formula is C16H14Cl3NO. The van der Waals surface area contributed by atoms with Crippen LogP contribution in [0, 0.1) is 0 Å². The lowest BCUT2D eigenvalue weighted by Gasteiger charge is -2.18. The van der Waals surface area contributed by atoms with Gasteiger partial charge in [0.25, 0.3) is 5.91 Å². The summed E-state index contributed by atoms with van der Waals surface area (Å²) in [5, 5.41) is 1.12. The molecule has 0 saturated heterocycles. The van der Waals surface area contributed by atoms with Crippen LogP contribution in [0.15, 0.2) is 42.5 Å². The molecule has 2 aromatic rings. The molecule has 0 fully saturated rings. The first-order chi connectivity index (χ1) is 9.99. The van der Waals surface area contributed by atoms with E-state index in [9.17, 15) is 4.79 Å². The molecule has 2 rings (SSSR count). The number of halogens is 3. The van der Waals surface area contributed by atoms with E-state index in [2.05, 4.69) is 0 Å². The van der Waals surface area contributed by atoms with E-state index in [-0.39, 0.29) is 5.91 Å². The maximum atomic E-state index is 12.4. The monoisotopic (exact) mass is 341 g/mol. The first kappa shape index (κ1) is 16.2. The van der Waals surface area contributed by atoms with E-state index >= 15 is 0 Å². The molecule has 2 aromatic carbocycles. The van der Waals surface area contributed by atoms with Crippen LogP contribution in [0.4, 0.5) is 0 Å². The highest BCUT2D eigenvalue weighted by atomic mass is 35.5. The van der Waals surface area contributed by atoms with Gasteiger partial charge in [0.15, 0.2) is 0 Å². The third-order valence-corrected chi connectivity index (χ3v) is 3.76. The maximum Gasteiger partial charge on any atom is 0.253 e. The lowest BCUT2D eigenvalue weighted by Crippen LogP contribution is -2.26. The molecule has 0 aliphatic rings. The molecule has 5 heteroatoms. The molecule has 0 radical (unpaired) electrons. The van der Waals surface area contributed by atoms with Crippen molar-refractivity contribution in [2.75, 3.05) is 7.05 Å². The van der Waals surface area contributed by atoms with Crippen molar-refractivity contribution in [1.29, 1.82) is 0 Å². The zero-order valence-corrected chi connectivity index (χ0v) is 13.7. The fourth-order valence-corrected chi connectivity index (χ4v) is 2.79. The first-order valence-corrected chi connectivity index (χ1v) is 7.64. The van der Waals surface area contributed by atoms with Crippen LogP contribution < -0.4 is 0 Å². The van der Waals surface area contributed by atoms with Crippen LogP contribution in [0.3, 0.4) is 0 Å². The highest BCUT2D eigenvalue weighted by molar-refractivity contribution is 6.34. The van der Waals surface area contributed by atoms with Gasteiger partial charge in [0.2, 0.25) is 0 Å². The molecule has 0 aliphatic carbocycles. The molecule has 0 unspecified atom stereocenters. The van der Waals surface area contributed by atoms with E-state index in [4.69, 9.17) is 34.8 Å². The topological polar surface area (TPSA) is 20.3 Å². The van der Waals surface area contributed by atoms with Crippen LogP contribution >= 0.6 is 34.8 Å². The molecule has 0 atom stereocenters. The second-order valence-electron chi connectivity index (χ2n) is 4.77. The minimum absolute atomic E-state index is 0.0712. The van der Waals surface area contributed by atoms with Gasteiger partial charge in [0, 0.05) is 35.1 Å². The van der Waals surface area contributed by atoms with Gasteiger partial charge < -0.3 is 4.90 Å². The van der Waals surface area contributed by atoms with Crippen LogP contribution in [-0.4, -0.2) is 17.9 Å². The highest BCUT2D eigenvalue weighted by Crippen LogP contribution is 2.20. The smallest absolute Gasteiger partial charge is 0.253 e. The number of hydrogen-bond acceptors (Lipinski definition) is 1. The van der Waals surface area contributed by atoms with Gasteiger partial charge in [-0.05, 0) is 41.5 Å². The Bertz CT molecular complexity index is 637. The van der Waals surface area contributed by atoms with Gasteiger partial charge in [-0.15, -0.1) is 11.6 Å². The number of hydrogen-bond donors (Lipinski definition) is 0. The summed E-state index contributed by atoms with van der Waals surface area (Å²) in [6.07, 6.45) is 0. The Morgan fingerprint density at radius 1 is 1.05 bits per heavy atom. The molecular weight excluding hydrogens is 329 g/mol. The van der Waals surface area contributed by atoms with Crippen LogP contribution in [-0.2, 0) is 12.4 Å². The van der Waals surface area contributed by atoms with Crippen LogP contribution in [0.2, 0.25) is 10.0 Å². The molecule has 0 N–H and O–H groups in total. The van der Waals surface area contributed by atoms with Gasteiger partial charge in [-0.1, -0.05) is 35.3 Å². The molecule has 0 bridgehead atoms. The standard InChI is InChI=1S/C16H14Cl3NO/c1-20(10-12-6-14(18)8-15(19)7-12)16(21)13-4-2-3-11(5-13)9-17/h2-8H,9-10H2,1H3. The van der Waals surface area contributed by atoms with E-state index in [1.807, 2.05) is 12.1 Å². The number of benzene rings is 2. The van der Waals surface area contributed by atoms with Crippen LogP contribution in [0.5, 0.6) is 0 Å². The van der Waals surface area contributed by atoms with E-state index in [1.54, 1.807) is 42.3 Å². The molecule has 2 nitrogen and oxygen atoms in total. The van der Waals surface area contributed by atoms with Gasteiger partial charge >= 0.3 is 0 Å². The summed E-state index contributed by atoms with van der Waals surface area (Å²) in [4.78, 5) is 14.0. The molecule has 0 heterocycles. The predicted octanol–water partition coefficient (Wildman–Crippen LogP) is 5.00. The van der Waals surface area contributed by atoms with E-state index in [0.29, 0.717) is 28.0 Å². The lowest BCUT2D eigenvalue weighted by molar-refractivity contribution is 0.0785. The number of amides is 1. The van der Waals surface area contributed by atoms with Gasteiger partial charge in [0.05, 0.1) is 0 Å². The minimum Gasteiger partial charge on any atom is -0.337 e. The molecule has 110 valence electrons. The lowest BCUT2D eigenvalue weighted by atomic mass is 10.1. The third-order valence-electron chi connectivity index (χ3n) is 3.02. The van der Waals surface area contributed by atoms with Crippen molar-refractivity contribution in [1.82, 2.24) is 4.90 Å². The summed E-state index contributed by atoms with van der Waals surface area (Å²) >= 11 is 17.7. The van der Waals surface area contributed by atoms with Gasteiger partial charge in [-0.25, -0.2) is 0 Å². The summed E-state index contributed by atoms with van der Waals surface area (Å²) < 4.78 is 0. The number of carbonyl (C=O) groups is 1. The van der Waals surface area contributed by atoms with Gasteiger partial charge in [-0.3, -0.25) is 4.79 Å². The fraction of sp³-hybridized carbons (Fsp3) is 0.188. The minimum atomic E-state index is -0.0712. The Morgan fingerprint density at radius 3 is 2.33 bits per heavy atom. The molecule has 0 saturated carbocycles. The number of carbonyl (C=O) groups excluding carboxylic acids is 1. The number of alkyl halides is 1. The summed E-state index contributed by atoms with van der Waals surface area (Å²) in [6.45, 7) is 0.435. The molecule has 0 aliphatic heterocycles. The summed E-state index contributed by atoms with van der Waals surface area (Å²) in [5.41, 5.74) is 2.42. The predicted molar refractivity (Wildman–Crippen MR) is 88.3 cm³/mol. The Morgan fingerprint density at radius 2 is 1.71 bits per heavy atom. The highest BCUT2D eigenvalue weighted by Gasteiger charge is 2.13. The maximum absolute atomic E-state index is 12.4. The first-order valence-electron chi connectivity index (χ1n) is 6.35. The molecule has 1 amide bonds. The molecule has 0 aromatic heterocycles. The van der Waals surface area contributed by atoms with Crippen molar-refractivity contribution in [3.8, 4) is 0 Å². The number of rotatable bonds is 4. The van der Waals surface area contributed by atoms with Gasteiger partial charge in [-0.2, -0.15) is 0 Å². The van der Waals surface area contributed by atoms with Gasteiger partial charge in [0.1, 0.15) is 0 Å². The van der Waals surface area contributed by atoms with Crippen molar-refractivity contribution < 1.29 is 4.79 Å².